The van der Waals surface area contributed by atoms with Crippen LogP contribution in [0.25, 0.3) is 0 Å². The molecule has 0 saturated carbocycles. The van der Waals surface area contributed by atoms with Gasteiger partial charge in [-0.2, -0.15) is 0 Å². The largest absolute Gasteiger partial charge is 0.382 e. The number of aliphatic hydroxyl groups is 2. The maximum absolute atomic E-state index is 12.8. The van der Waals surface area contributed by atoms with Crippen LogP contribution in [0.2, 0.25) is 0 Å². The molecule has 0 unspecified atom stereocenters. The van der Waals surface area contributed by atoms with Crippen LogP contribution in [0, 0.1) is 0 Å². The van der Waals surface area contributed by atoms with Crippen molar-refractivity contribution in [3.63, 3.8) is 0 Å². The van der Waals surface area contributed by atoms with E-state index in [1.54, 1.807) is 76.2 Å². The molecule has 5 heteroatoms. The molecule has 0 bridgehead atoms. The Balaban J connectivity index is 2.21. The molecular weight excluding hydrogens is 380 g/mol. The van der Waals surface area contributed by atoms with Crippen molar-refractivity contribution in [1.82, 2.24) is 0 Å². The SMILES string of the molecule is CCC(O)(CC)C(=O)c1ccc(C(=O)c2ccc(C(=O)C(O)(CC)CC)cc2)cc1. The van der Waals surface area contributed by atoms with E-state index in [0.717, 1.165) is 0 Å². The molecule has 2 aromatic carbocycles. The summed E-state index contributed by atoms with van der Waals surface area (Å²) in [5, 5.41) is 20.8. The highest BCUT2D eigenvalue weighted by Crippen LogP contribution is 2.23. The van der Waals surface area contributed by atoms with E-state index in [-0.39, 0.29) is 17.3 Å². The normalized spacial score (nSPS) is 11.9. The van der Waals surface area contributed by atoms with E-state index in [9.17, 15) is 24.6 Å². The molecule has 0 spiro atoms. The van der Waals surface area contributed by atoms with Gasteiger partial charge in [0, 0.05) is 22.3 Å². The second kappa shape index (κ2) is 9.45. The number of carbonyl (C=O) groups excluding carboxylic acids is 3. The van der Waals surface area contributed by atoms with Crippen LogP contribution in [0.5, 0.6) is 0 Å². The zero-order valence-corrected chi connectivity index (χ0v) is 18.1. The summed E-state index contributed by atoms with van der Waals surface area (Å²) in [7, 11) is 0. The molecule has 0 saturated heterocycles. The van der Waals surface area contributed by atoms with Gasteiger partial charge in [-0.25, -0.2) is 0 Å². The van der Waals surface area contributed by atoms with Gasteiger partial charge in [0.25, 0.3) is 0 Å². The van der Waals surface area contributed by atoms with Crippen LogP contribution in [-0.2, 0) is 0 Å². The second-order valence-electron chi connectivity index (χ2n) is 7.62. The molecule has 160 valence electrons. The van der Waals surface area contributed by atoms with Gasteiger partial charge >= 0.3 is 0 Å². The minimum atomic E-state index is -1.40. The number of Topliss-reactive ketones (excluding diaryl/α,β-unsaturated/α-hetero) is 2. The van der Waals surface area contributed by atoms with Gasteiger partial charge in [0.15, 0.2) is 17.3 Å². The van der Waals surface area contributed by atoms with Crippen LogP contribution in [0.15, 0.2) is 48.5 Å². The van der Waals surface area contributed by atoms with Gasteiger partial charge in [-0.15, -0.1) is 0 Å². The summed E-state index contributed by atoms with van der Waals surface area (Å²) < 4.78 is 0. The Hall–Kier alpha value is -2.63. The van der Waals surface area contributed by atoms with Crippen LogP contribution in [-0.4, -0.2) is 38.8 Å². The van der Waals surface area contributed by atoms with E-state index in [4.69, 9.17) is 0 Å². The lowest BCUT2D eigenvalue weighted by molar-refractivity contribution is 0.0277. The molecule has 0 radical (unpaired) electrons. The third-order valence-corrected chi connectivity index (χ3v) is 6.00. The lowest BCUT2D eigenvalue weighted by Gasteiger charge is -2.23. The molecule has 2 rings (SSSR count). The van der Waals surface area contributed by atoms with Crippen LogP contribution in [0.4, 0.5) is 0 Å². The standard InChI is InChI=1S/C25H30O5/c1-5-24(29,6-2)22(27)19-13-9-17(10-14-19)21(26)18-11-15-20(16-12-18)23(28)25(30,7-3)8-4/h9-16,29-30H,5-8H2,1-4H3. The Kier molecular flexibility index (Phi) is 7.45. The van der Waals surface area contributed by atoms with Crippen LogP contribution < -0.4 is 0 Å². The number of hydrogen-bond acceptors (Lipinski definition) is 5. The molecule has 0 fully saturated rings. The van der Waals surface area contributed by atoms with Gasteiger partial charge < -0.3 is 10.2 Å². The number of hydrogen-bond donors (Lipinski definition) is 2. The molecular formula is C25H30O5. The van der Waals surface area contributed by atoms with Crippen molar-refractivity contribution in [1.29, 1.82) is 0 Å². The van der Waals surface area contributed by atoms with Crippen molar-refractivity contribution >= 4 is 17.3 Å². The predicted octanol–water partition coefficient (Wildman–Crippen LogP) is 4.39. The monoisotopic (exact) mass is 410 g/mol. The topological polar surface area (TPSA) is 91.7 Å². The fraction of sp³-hybridized carbons (Fsp3) is 0.400. The van der Waals surface area contributed by atoms with Crippen molar-refractivity contribution in [3.8, 4) is 0 Å². The number of ketones is 3. The number of benzene rings is 2. The molecule has 30 heavy (non-hydrogen) atoms. The molecule has 2 aromatic rings. The van der Waals surface area contributed by atoms with E-state index in [1.165, 1.54) is 0 Å². The highest BCUT2D eigenvalue weighted by Gasteiger charge is 2.33. The van der Waals surface area contributed by atoms with Crippen molar-refractivity contribution in [3.05, 3.63) is 70.8 Å². The van der Waals surface area contributed by atoms with Crippen LogP contribution >= 0.6 is 0 Å². The minimum absolute atomic E-state index is 0.240. The quantitative estimate of drug-likeness (QED) is 0.567. The Morgan fingerprint density at radius 3 is 1.03 bits per heavy atom. The average molecular weight is 411 g/mol. The first kappa shape index (κ1) is 23.6. The highest BCUT2D eigenvalue weighted by atomic mass is 16.3. The van der Waals surface area contributed by atoms with Gasteiger partial charge in [-0.05, 0) is 25.7 Å². The smallest absolute Gasteiger partial charge is 0.194 e. The van der Waals surface area contributed by atoms with Crippen LogP contribution in [0.3, 0.4) is 0 Å². The Labute approximate surface area is 177 Å². The van der Waals surface area contributed by atoms with E-state index in [2.05, 4.69) is 0 Å². The summed E-state index contributed by atoms with van der Waals surface area (Å²) in [6.07, 6.45) is 1.27. The Morgan fingerprint density at radius 2 is 0.800 bits per heavy atom. The zero-order valence-electron chi connectivity index (χ0n) is 18.1. The van der Waals surface area contributed by atoms with E-state index in [1.807, 2.05) is 0 Å². The Bertz CT molecular complexity index is 826. The zero-order chi connectivity index (χ0) is 22.5. The van der Waals surface area contributed by atoms with E-state index in [0.29, 0.717) is 47.9 Å². The summed E-state index contributed by atoms with van der Waals surface area (Å²) >= 11 is 0. The van der Waals surface area contributed by atoms with Crippen molar-refractivity contribution < 1.29 is 24.6 Å². The third kappa shape index (κ3) is 4.58. The van der Waals surface area contributed by atoms with Crippen LogP contribution in [0.1, 0.15) is 90.0 Å². The minimum Gasteiger partial charge on any atom is -0.382 e. The maximum atomic E-state index is 12.8. The summed E-state index contributed by atoms with van der Waals surface area (Å²) in [5.41, 5.74) is -1.27. The predicted molar refractivity (Wildman–Crippen MR) is 116 cm³/mol. The average Bonchev–Trinajstić information content (AvgIpc) is 2.81. The van der Waals surface area contributed by atoms with Gasteiger partial charge in [-0.1, -0.05) is 76.2 Å². The molecule has 5 nitrogen and oxygen atoms in total. The van der Waals surface area contributed by atoms with Gasteiger partial charge in [0.2, 0.25) is 0 Å². The molecule has 0 amide bonds. The Morgan fingerprint density at radius 1 is 0.567 bits per heavy atom. The third-order valence-electron chi connectivity index (χ3n) is 6.00. The van der Waals surface area contributed by atoms with Crippen molar-refractivity contribution in [2.24, 2.45) is 0 Å². The molecule has 0 atom stereocenters. The van der Waals surface area contributed by atoms with E-state index >= 15 is 0 Å². The first-order valence-corrected chi connectivity index (χ1v) is 10.4. The lowest BCUT2D eigenvalue weighted by atomic mass is 9.87. The highest BCUT2D eigenvalue weighted by molar-refractivity contribution is 6.10. The number of rotatable bonds is 10. The first-order valence-electron chi connectivity index (χ1n) is 10.4. The fourth-order valence-electron chi connectivity index (χ4n) is 3.39. The molecule has 0 aliphatic carbocycles. The van der Waals surface area contributed by atoms with E-state index < -0.39 is 11.2 Å². The summed E-state index contributed by atoms with van der Waals surface area (Å²) in [5.74, 6) is -0.946. The second-order valence-corrected chi connectivity index (χ2v) is 7.62. The molecule has 2 N–H and O–H groups in total. The molecule has 0 aliphatic heterocycles. The maximum Gasteiger partial charge on any atom is 0.194 e. The van der Waals surface area contributed by atoms with Gasteiger partial charge in [-0.3, -0.25) is 14.4 Å². The summed E-state index contributed by atoms with van der Waals surface area (Å²) in [4.78, 5) is 37.8. The molecule has 0 aromatic heterocycles. The summed E-state index contributed by atoms with van der Waals surface area (Å²) in [6, 6.07) is 12.4. The van der Waals surface area contributed by atoms with Crippen molar-refractivity contribution in [2.45, 2.75) is 64.6 Å². The molecule has 0 aliphatic rings. The van der Waals surface area contributed by atoms with Crippen molar-refractivity contribution in [2.75, 3.05) is 0 Å². The number of carbonyl (C=O) groups is 3. The van der Waals surface area contributed by atoms with Gasteiger partial charge in [0.05, 0.1) is 0 Å². The van der Waals surface area contributed by atoms with Gasteiger partial charge in [0.1, 0.15) is 11.2 Å². The summed E-state index contributed by atoms with van der Waals surface area (Å²) in [6.45, 7) is 7.04. The lowest BCUT2D eigenvalue weighted by Crippen LogP contribution is -2.37. The molecule has 0 heterocycles. The fourth-order valence-corrected chi connectivity index (χ4v) is 3.39. The first-order chi connectivity index (χ1) is 14.2.